The van der Waals surface area contributed by atoms with E-state index in [-0.39, 0.29) is 11.7 Å². The Hall–Kier alpha value is -3.52. The fraction of sp³-hybridized carbons (Fsp3) is 0.174. The molecule has 1 heterocycles. The van der Waals surface area contributed by atoms with Crippen molar-refractivity contribution in [1.82, 2.24) is 0 Å². The van der Waals surface area contributed by atoms with E-state index in [2.05, 4.69) is 0 Å². The monoisotopic (exact) mass is 439 g/mol. The quantitative estimate of drug-likeness (QED) is 0.440. The molecule has 1 aliphatic rings. The molecule has 0 saturated carbocycles. The lowest BCUT2D eigenvalue weighted by Gasteiger charge is -2.21. The van der Waals surface area contributed by atoms with Gasteiger partial charge >= 0.3 is 5.97 Å². The number of rotatable bonds is 5. The topological polar surface area (TPSA) is 82.1 Å². The molecule has 4 rings (SSSR count). The first kappa shape index (κ1) is 20.7. The first-order chi connectivity index (χ1) is 14.8. The maximum Gasteiger partial charge on any atom is 0.343 e. The minimum absolute atomic E-state index is 0.119. The Morgan fingerprint density at radius 3 is 2.39 bits per heavy atom. The van der Waals surface area contributed by atoms with Crippen molar-refractivity contribution < 1.29 is 27.4 Å². The van der Waals surface area contributed by atoms with Crippen LogP contribution in [0.15, 0.2) is 65.6 Å². The van der Waals surface area contributed by atoms with E-state index >= 15 is 0 Å². The normalized spacial score (nSPS) is 12.5. The third-order valence-corrected chi connectivity index (χ3v) is 6.93. The molecule has 0 radical (unpaired) electrons. The molecule has 0 amide bonds. The highest BCUT2D eigenvalue weighted by molar-refractivity contribution is 7.92. The van der Waals surface area contributed by atoms with Gasteiger partial charge in [0.1, 0.15) is 5.75 Å². The lowest BCUT2D eigenvalue weighted by Crippen LogP contribution is -2.27. The van der Waals surface area contributed by atoms with Crippen molar-refractivity contribution in [1.29, 1.82) is 0 Å². The van der Waals surface area contributed by atoms with Crippen LogP contribution in [0, 0.1) is 13.8 Å². The van der Waals surface area contributed by atoms with Crippen LogP contribution in [0.25, 0.3) is 0 Å². The predicted molar refractivity (Wildman–Crippen MR) is 115 cm³/mol. The van der Waals surface area contributed by atoms with Crippen molar-refractivity contribution in [3.63, 3.8) is 0 Å². The molecule has 0 N–H and O–H groups in total. The van der Waals surface area contributed by atoms with Crippen molar-refractivity contribution in [2.75, 3.05) is 18.1 Å². The molecule has 0 fully saturated rings. The fourth-order valence-electron chi connectivity index (χ4n) is 3.19. The zero-order chi connectivity index (χ0) is 22.2. The predicted octanol–water partition coefficient (Wildman–Crippen LogP) is 4.08. The Bertz CT molecular complexity index is 1250. The molecule has 0 bridgehead atoms. The molecule has 8 heteroatoms. The van der Waals surface area contributed by atoms with Gasteiger partial charge in [0.05, 0.1) is 16.1 Å². The largest absolute Gasteiger partial charge is 0.454 e. The van der Waals surface area contributed by atoms with Crippen molar-refractivity contribution in [2.24, 2.45) is 0 Å². The molecule has 31 heavy (non-hydrogen) atoms. The molecule has 0 aromatic heterocycles. The Balaban J connectivity index is 1.51. The van der Waals surface area contributed by atoms with Crippen molar-refractivity contribution in [3.8, 4) is 17.2 Å². The van der Waals surface area contributed by atoms with Crippen molar-refractivity contribution in [3.05, 3.63) is 77.4 Å². The molecule has 1 aliphatic heterocycles. The minimum Gasteiger partial charge on any atom is -0.454 e. The molecule has 0 spiro atoms. The zero-order valence-electron chi connectivity index (χ0n) is 17.3. The van der Waals surface area contributed by atoms with E-state index in [0.717, 1.165) is 5.56 Å². The Morgan fingerprint density at radius 2 is 1.65 bits per heavy atom. The summed E-state index contributed by atoms with van der Waals surface area (Å²) in [4.78, 5) is 12.7. The number of benzene rings is 3. The van der Waals surface area contributed by atoms with Gasteiger partial charge in [-0.05, 0) is 73.5 Å². The highest BCUT2D eigenvalue weighted by Gasteiger charge is 2.24. The molecule has 160 valence electrons. The van der Waals surface area contributed by atoms with Gasteiger partial charge in [-0.2, -0.15) is 0 Å². The van der Waals surface area contributed by atoms with E-state index in [0.29, 0.717) is 34.1 Å². The van der Waals surface area contributed by atoms with Crippen molar-refractivity contribution in [2.45, 2.75) is 18.7 Å². The number of aryl methyl sites for hydroxylation is 2. The van der Waals surface area contributed by atoms with Gasteiger partial charge in [-0.1, -0.05) is 12.1 Å². The number of anilines is 1. The molecule has 3 aromatic rings. The van der Waals surface area contributed by atoms with E-state index < -0.39 is 16.0 Å². The minimum atomic E-state index is -3.73. The zero-order valence-corrected chi connectivity index (χ0v) is 18.1. The van der Waals surface area contributed by atoms with Crippen LogP contribution in [-0.2, 0) is 10.0 Å². The van der Waals surface area contributed by atoms with Crippen molar-refractivity contribution >= 4 is 21.7 Å². The summed E-state index contributed by atoms with van der Waals surface area (Å²) in [5.74, 6) is 0.809. The van der Waals surface area contributed by atoms with Crippen LogP contribution >= 0.6 is 0 Å². The standard InChI is InChI=1S/C23H21NO6S/c1-15-4-5-16(2)22(12-15)31(26,27)24(3)18-7-9-19(10-8-18)30-23(25)17-6-11-20-21(13-17)29-14-28-20/h4-13H,14H2,1-3H3. The van der Waals surface area contributed by atoms with Crippen LogP contribution in [0.2, 0.25) is 0 Å². The summed E-state index contributed by atoms with van der Waals surface area (Å²) in [6, 6.07) is 16.4. The fourth-order valence-corrected chi connectivity index (χ4v) is 4.69. The summed E-state index contributed by atoms with van der Waals surface area (Å²) in [7, 11) is -2.24. The molecular weight excluding hydrogens is 418 g/mol. The number of carbonyl (C=O) groups is 1. The molecule has 0 atom stereocenters. The number of sulfonamides is 1. The molecule has 0 saturated heterocycles. The number of fused-ring (bicyclic) bond motifs is 1. The summed E-state index contributed by atoms with van der Waals surface area (Å²) < 4.78 is 43.2. The second-order valence-electron chi connectivity index (χ2n) is 7.19. The third kappa shape index (κ3) is 4.06. The molecule has 0 aliphatic carbocycles. The molecule has 3 aromatic carbocycles. The summed E-state index contributed by atoms with van der Waals surface area (Å²) in [6.45, 7) is 3.73. The van der Waals surface area contributed by atoms with Crippen LogP contribution in [0.3, 0.4) is 0 Å². The number of nitrogens with zero attached hydrogens (tertiary/aromatic N) is 1. The van der Waals surface area contributed by atoms with E-state index in [9.17, 15) is 13.2 Å². The summed E-state index contributed by atoms with van der Waals surface area (Å²) in [5.41, 5.74) is 2.31. The van der Waals surface area contributed by atoms with Crippen LogP contribution in [0.5, 0.6) is 17.2 Å². The summed E-state index contributed by atoms with van der Waals surface area (Å²) in [5, 5.41) is 0. The number of ether oxygens (including phenoxy) is 3. The average molecular weight is 439 g/mol. The Labute approximate surface area is 180 Å². The van der Waals surface area contributed by atoms with Gasteiger partial charge in [-0.15, -0.1) is 0 Å². The number of hydrogen-bond acceptors (Lipinski definition) is 6. The lowest BCUT2D eigenvalue weighted by atomic mass is 10.2. The van der Waals surface area contributed by atoms with Gasteiger partial charge in [0.2, 0.25) is 6.79 Å². The van der Waals surface area contributed by atoms with E-state index in [4.69, 9.17) is 14.2 Å². The van der Waals surface area contributed by atoms with Gasteiger partial charge in [-0.25, -0.2) is 13.2 Å². The van der Waals surface area contributed by atoms with Crippen LogP contribution in [0.1, 0.15) is 21.5 Å². The Kier molecular flexibility index (Phi) is 5.32. The highest BCUT2D eigenvalue weighted by Crippen LogP contribution is 2.33. The van der Waals surface area contributed by atoms with Gasteiger partial charge in [-0.3, -0.25) is 4.31 Å². The average Bonchev–Trinajstić information content (AvgIpc) is 3.23. The van der Waals surface area contributed by atoms with E-state index in [1.165, 1.54) is 11.4 Å². The maximum absolute atomic E-state index is 13.1. The summed E-state index contributed by atoms with van der Waals surface area (Å²) >= 11 is 0. The van der Waals surface area contributed by atoms with E-state index in [1.54, 1.807) is 61.5 Å². The van der Waals surface area contributed by atoms with E-state index in [1.807, 2.05) is 13.0 Å². The van der Waals surface area contributed by atoms with Gasteiger partial charge in [0, 0.05) is 7.05 Å². The second kappa shape index (κ2) is 7.96. The second-order valence-corrected chi connectivity index (χ2v) is 9.13. The van der Waals surface area contributed by atoms with Gasteiger partial charge < -0.3 is 14.2 Å². The SMILES string of the molecule is Cc1ccc(C)c(S(=O)(=O)N(C)c2ccc(OC(=O)c3ccc4c(c3)OCO4)cc2)c1. The number of carbonyl (C=O) groups excluding carboxylic acids is 1. The number of hydrogen-bond donors (Lipinski definition) is 0. The number of esters is 1. The Morgan fingerprint density at radius 1 is 0.935 bits per heavy atom. The lowest BCUT2D eigenvalue weighted by molar-refractivity contribution is 0.0734. The van der Waals surface area contributed by atoms with Crippen LogP contribution in [-0.4, -0.2) is 28.2 Å². The summed E-state index contributed by atoms with van der Waals surface area (Å²) in [6.07, 6.45) is 0. The maximum atomic E-state index is 13.1. The molecule has 7 nitrogen and oxygen atoms in total. The van der Waals surface area contributed by atoms with Crippen LogP contribution < -0.4 is 18.5 Å². The highest BCUT2D eigenvalue weighted by atomic mass is 32.2. The van der Waals surface area contributed by atoms with Gasteiger partial charge in [0.25, 0.3) is 10.0 Å². The smallest absolute Gasteiger partial charge is 0.343 e. The first-order valence-corrected chi connectivity index (χ1v) is 11.0. The first-order valence-electron chi connectivity index (χ1n) is 9.54. The molecule has 0 unspecified atom stereocenters. The van der Waals surface area contributed by atoms with Gasteiger partial charge in [0.15, 0.2) is 11.5 Å². The third-order valence-electron chi connectivity index (χ3n) is 5.00. The molecular formula is C23H21NO6S. The van der Waals surface area contributed by atoms with Crippen LogP contribution in [0.4, 0.5) is 5.69 Å².